The molecule has 0 bridgehead atoms. The van der Waals surface area contributed by atoms with E-state index in [2.05, 4.69) is 21.8 Å². The molecule has 0 atom stereocenters. The summed E-state index contributed by atoms with van der Waals surface area (Å²) in [7, 11) is 2.04. The number of hydrogen-bond donors (Lipinski definition) is 1. The quantitative estimate of drug-likeness (QED) is 0.671. The summed E-state index contributed by atoms with van der Waals surface area (Å²) in [5.41, 5.74) is 0. The first kappa shape index (κ1) is 10.3. The lowest BCUT2D eigenvalue weighted by atomic mass is 10.3. The van der Waals surface area contributed by atoms with Crippen LogP contribution in [0.2, 0.25) is 0 Å². The number of aryl methyl sites for hydroxylation is 2. The van der Waals surface area contributed by atoms with Crippen molar-refractivity contribution in [3.63, 3.8) is 0 Å². The maximum atomic E-state index is 4.27. The average molecular weight is 181 g/mol. The predicted octanol–water partition coefficient (Wildman–Crippen LogP) is 1.35. The molecule has 0 saturated heterocycles. The summed E-state index contributed by atoms with van der Waals surface area (Å²) in [5, 5.41) is 3.38. The van der Waals surface area contributed by atoms with E-state index in [0.717, 1.165) is 19.5 Å². The van der Waals surface area contributed by atoms with Crippen molar-refractivity contribution in [2.24, 2.45) is 7.05 Å². The van der Waals surface area contributed by atoms with Gasteiger partial charge in [0, 0.05) is 25.9 Å². The molecule has 0 amide bonds. The summed E-state index contributed by atoms with van der Waals surface area (Å²) >= 11 is 0. The molecule has 1 rings (SSSR count). The molecule has 0 saturated carbocycles. The van der Waals surface area contributed by atoms with Crippen molar-refractivity contribution in [3.8, 4) is 0 Å². The number of imidazole rings is 1. The first-order chi connectivity index (χ1) is 6.34. The Labute approximate surface area is 80.2 Å². The Hall–Kier alpha value is -0.830. The zero-order chi connectivity index (χ0) is 9.52. The van der Waals surface area contributed by atoms with Gasteiger partial charge in [-0.05, 0) is 25.9 Å². The lowest BCUT2D eigenvalue weighted by Gasteiger charge is -2.02. The van der Waals surface area contributed by atoms with Gasteiger partial charge in [0.25, 0.3) is 0 Å². The molecule has 0 aliphatic heterocycles. The lowest BCUT2D eigenvalue weighted by molar-refractivity contribution is 0.622. The molecule has 74 valence electrons. The zero-order valence-electron chi connectivity index (χ0n) is 8.58. The molecule has 1 N–H and O–H groups in total. The van der Waals surface area contributed by atoms with Gasteiger partial charge in [0.15, 0.2) is 0 Å². The van der Waals surface area contributed by atoms with E-state index >= 15 is 0 Å². The van der Waals surface area contributed by atoms with Gasteiger partial charge in [0.05, 0.1) is 0 Å². The smallest absolute Gasteiger partial charge is 0.108 e. The van der Waals surface area contributed by atoms with Crippen molar-refractivity contribution in [2.75, 3.05) is 13.1 Å². The molecule has 1 aromatic rings. The molecule has 3 nitrogen and oxygen atoms in total. The summed E-state index contributed by atoms with van der Waals surface area (Å²) in [6.45, 7) is 4.41. The highest BCUT2D eigenvalue weighted by Gasteiger charge is 1.97. The van der Waals surface area contributed by atoms with Gasteiger partial charge in [-0.2, -0.15) is 0 Å². The third-order valence-electron chi connectivity index (χ3n) is 2.10. The topological polar surface area (TPSA) is 29.9 Å². The highest BCUT2D eigenvalue weighted by atomic mass is 15.0. The monoisotopic (exact) mass is 181 g/mol. The van der Waals surface area contributed by atoms with E-state index in [0.29, 0.717) is 0 Å². The second kappa shape index (κ2) is 5.75. The van der Waals surface area contributed by atoms with Crippen LogP contribution >= 0.6 is 0 Å². The summed E-state index contributed by atoms with van der Waals surface area (Å²) in [6.07, 6.45) is 7.30. The second-order valence-electron chi connectivity index (χ2n) is 3.31. The van der Waals surface area contributed by atoms with E-state index in [4.69, 9.17) is 0 Å². The molecule has 0 aliphatic carbocycles. The first-order valence-electron chi connectivity index (χ1n) is 5.01. The van der Waals surface area contributed by atoms with E-state index in [-0.39, 0.29) is 0 Å². The van der Waals surface area contributed by atoms with Crippen LogP contribution in [0, 0.1) is 0 Å². The normalized spacial score (nSPS) is 10.6. The molecule has 13 heavy (non-hydrogen) atoms. The molecule has 0 spiro atoms. The van der Waals surface area contributed by atoms with Crippen molar-refractivity contribution in [1.82, 2.24) is 14.9 Å². The number of aromatic nitrogens is 2. The Morgan fingerprint density at radius 2 is 2.31 bits per heavy atom. The lowest BCUT2D eigenvalue weighted by Crippen LogP contribution is -2.16. The molecular weight excluding hydrogens is 162 g/mol. The first-order valence-corrected chi connectivity index (χ1v) is 5.01. The maximum absolute atomic E-state index is 4.27. The van der Waals surface area contributed by atoms with E-state index in [1.54, 1.807) is 0 Å². The molecule has 1 aromatic heterocycles. The molecule has 3 heteroatoms. The van der Waals surface area contributed by atoms with Gasteiger partial charge < -0.3 is 9.88 Å². The standard InChI is InChI=1S/C10H19N3/c1-3-6-11-7-4-5-10-12-8-9-13(10)2/h8-9,11H,3-7H2,1-2H3. The molecule has 1 heterocycles. The molecule has 0 unspecified atom stereocenters. The van der Waals surface area contributed by atoms with E-state index < -0.39 is 0 Å². The van der Waals surface area contributed by atoms with Crippen LogP contribution in [0.25, 0.3) is 0 Å². The van der Waals surface area contributed by atoms with Gasteiger partial charge in [0.2, 0.25) is 0 Å². The average Bonchev–Trinajstić information content (AvgIpc) is 2.52. The Morgan fingerprint density at radius 1 is 1.46 bits per heavy atom. The van der Waals surface area contributed by atoms with Crippen LogP contribution in [0.5, 0.6) is 0 Å². The van der Waals surface area contributed by atoms with Crippen LogP contribution in [-0.4, -0.2) is 22.6 Å². The molecule has 0 aromatic carbocycles. The minimum atomic E-state index is 1.07. The van der Waals surface area contributed by atoms with Gasteiger partial charge >= 0.3 is 0 Å². The van der Waals surface area contributed by atoms with E-state index in [9.17, 15) is 0 Å². The Morgan fingerprint density at radius 3 is 2.92 bits per heavy atom. The van der Waals surface area contributed by atoms with Crippen molar-refractivity contribution >= 4 is 0 Å². The summed E-state index contributed by atoms with van der Waals surface area (Å²) in [6, 6.07) is 0. The fraction of sp³-hybridized carbons (Fsp3) is 0.700. The van der Waals surface area contributed by atoms with Gasteiger partial charge in [-0.1, -0.05) is 6.92 Å². The molecule has 0 radical (unpaired) electrons. The maximum Gasteiger partial charge on any atom is 0.108 e. The van der Waals surface area contributed by atoms with Crippen LogP contribution in [0.4, 0.5) is 0 Å². The highest BCUT2D eigenvalue weighted by molar-refractivity contribution is 4.90. The molecule has 0 aliphatic rings. The Balaban J connectivity index is 2.10. The Kier molecular flexibility index (Phi) is 4.54. The SMILES string of the molecule is CCCNCCCc1nccn1C. The van der Waals surface area contributed by atoms with Crippen molar-refractivity contribution in [2.45, 2.75) is 26.2 Å². The molecular formula is C10H19N3. The summed E-state index contributed by atoms with van der Waals surface area (Å²) in [5.74, 6) is 1.18. The van der Waals surface area contributed by atoms with Crippen molar-refractivity contribution in [3.05, 3.63) is 18.2 Å². The van der Waals surface area contributed by atoms with Gasteiger partial charge in [-0.3, -0.25) is 0 Å². The van der Waals surface area contributed by atoms with Crippen LogP contribution in [0.15, 0.2) is 12.4 Å². The highest BCUT2D eigenvalue weighted by Crippen LogP contribution is 1.97. The van der Waals surface area contributed by atoms with Crippen LogP contribution in [0.1, 0.15) is 25.6 Å². The fourth-order valence-corrected chi connectivity index (χ4v) is 1.31. The van der Waals surface area contributed by atoms with Gasteiger partial charge in [0.1, 0.15) is 5.82 Å². The Bertz CT molecular complexity index is 230. The van der Waals surface area contributed by atoms with Crippen molar-refractivity contribution < 1.29 is 0 Å². The largest absolute Gasteiger partial charge is 0.338 e. The van der Waals surface area contributed by atoms with Gasteiger partial charge in [-0.15, -0.1) is 0 Å². The minimum absolute atomic E-state index is 1.07. The molecule has 0 fully saturated rings. The van der Waals surface area contributed by atoms with Crippen LogP contribution in [0.3, 0.4) is 0 Å². The zero-order valence-corrected chi connectivity index (χ0v) is 8.58. The van der Waals surface area contributed by atoms with Crippen molar-refractivity contribution in [1.29, 1.82) is 0 Å². The minimum Gasteiger partial charge on any atom is -0.338 e. The second-order valence-corrected chi connectivity index (χ2v) is 3.31. The number of hydrogen-bond acceptors (Lipinski definition) is 2. The van der Waals surface area contributed by atoms with Crippen LogP contribution in [-0.2, 0) is 13.5 Å². The number of nitrogens with zero attached hydrogens (tertiary/aromatic N) is 2. The number of rotatable bonds is 6. The third kappa shape index (κ3) is 3.59. The third-order valence-corrected chi connectivity index (χ3v) is 2.10. The van der Waals surface area contributed by atoms with Crippen LogP contribution < -0.4 is 5.32 Å². The van der Waals surface area contributed by atoms with E-state index in [1.807, 2.05) is 19.4 Å². The fourth-order valence-electron chi connectivity index (χ4n) is 1.31. The van der Waals surface area contributed by atoms with E-state index in [1.165, 1.54) is 18.7 Å². The predicted molar refractivity (Wildman–Crippen MR) is 54.7 cm³/mol. The summed E-state index contributed by atoms with van der Waals surface area (Å²) in [4.78, 5) is 4.27. The summed E-state index contributed by atoms with van der Waals surface area (Å²) < 4.78 is 2.08. The van der Waals surface area contributed by atoms with Gasteiger partial charge in [-0.25, -0.2) is 4.98 Å². The number of nitrogens with one attached hydrogen (secondary N) is 1.